The number of hydrogen-bond acceptors (Lipinski definition) is 6. The van der Waals surface area contributed by atoms with E-state index in [1.807, 2.05) is 24.3 Å². The molecule has 10 heteroatoms. The van der Waals surface area contributed by atoms with Crippen LogP contribution in [0.2, 0.25) is 5.02 Å². The Hall–Kier alpha value is -3.69. The van der Waals surface area contributed by atoms with E-state index in [9.17, 15) is 8.42 Å². The molecule has 0 bridgehead atoms. The summed E-state index contributed by atoms with van der Waals surface area (Å²) in [4.78, 5) is 4.71. The summed E-state index contributed by atoms with van der Waals surface area (Å²) in [6.45, 7) is 1.69. The molecule has 0 spiro atoms. The summed E-state index contributed by atoms with van der Waals surface area (Å²) in [5.41, 5.74) is 3.03. The van der Waals surface area contributed by atoms with Crippen molar-refractivity contribution in [1.29, 1.82) is 0 Å². The first-order valence-electron chi connectivity index (χ1n) is 9.56. The first-order chi connectivity index (χ1) is 15.4. The van der Waals surface area contributed by atoms with Crippen LogP contribution in [0.15, 0.2) is 78.0 Å². The fourth-order valence-corrected chi connectivity index (χ4v) is 4.89. The van der Waals surface area contributed by atoms with Crippen LogP contribution < -0.4 is 9.46 Å². The Morgan fingerprint density at radius 3 is 2.59 bits per heavy atom. The zero-order valence-electron chi connectivity index (χ0n) is 16.7. The van der Waals surface area contributed by atoms with Crippen LogP contribution in [0.3, 0.4) is 0 Å². The van der Waals surface area contributed by atoms with E-state index in [0.717, 1.165) is 11.0 Å². The fraction of sp³-hybridized carbons (Fsp3) is 0.0455. The number of para-hydroxylation sites is 2. The first-order valence-corrected chi connectivity index (χ1v) is 11.4. The second-order valence-electron chi connectivity index (χ2n) is 7.07. The van der Waals surface area contributed by atoms with Gasteiger partial charge < -0.3 is 4.74 Å². The van der Waals surface area contributed by atoms with Gasteiger partial charge in [0.15, 0.2) is 0 Å². The molecule has 160 valence electrons. The van der Waals surface area contributed by atoms with Crippen molar-refractivity contribution in [3.05, 3.63) is 83.6 Å². The van der Waals surface area contributed by atoms with E-state index >= 15 is 0 Å². The maximum Gasteiger partial charge on any atom is 0.266 e. The Morgan fingerprint density at radius 2 is 1.81 bits per heavy atom. The van der Waals surface area contributed by atoms with Gasteiger partial charge in [0, 0.05) is 10.7 Å². The number of ether oxygens (including phenoxy) is 1. The number of nitrogens with one attached hydrogen (secondary N) is 1. The maximum atomic E-state index is 12.7. The average Bonchev–Trinajstić information content (AvgIpc) is 3.25. The second kappa shape index (κ2) is 7.77. The van der Waals surface area contributed by atoms with E-state index in [2.05, 4.69) is 19.9 Å². The molecule has 0 aliphatic carbocycles. The van der Waals surface area contributed by atoms with Gasteiger partial charge in [-0.05, 0) is 67.1 Å². The van der Waals surface area contributed by atoms with Crippen molar-refractivity contribution in [2.75, 3.05) is 4.72 Å². The molecule has 0 saturated heterocycles. The van der Waals surface area contributed by atoms with Gasteiger partial charge in [0.05, 0.1) is 15.9 Å². The third-order valence-corrected chi connectivity index (χ3v) is 6.63. The van der Waals surface area contributed by atoms with Gasteiger partial charge in [-0.3, -0.25) is 9.12 Å². The number of anilines is 1. The molecule has 5 aromatic rings. The Bertz CT molecular complexity index is 1570. The van der Waals surface area contributed by atoms with Crippen molar-refractivity contribution in [3.63, 3.8) is 0 Å². The smallest absolute Gasteiger partial charge is 0.266 e. The fourth-order valence-electron chi connectivity index (χ4n) is 3.37. The number of aromatic nitrogens is 4. The molecule has 2 heterocycles. The molecule has 32 heavy (non-hydrogen) atoms. The highest BCUT2D eigenvalue weighted by atomic mass is 35.5. The number of fused-ring (bicyclic) bond motifs is 3. The van der Waals surface area contributed by atoms with E-state index in [1.54, 1.807) is 54.0 Å². The molecule has 0 amide bonds. The second-order valence-corrected chi connectivity index (χ2v) is 9.16. The summed E-state index contributed by atoms with van der Waals surface area (Å²) >= 11 is 5.93. The van der Waals surface area contributed by atoms with Crippen LogP contribution in [0.5, 0.6) is 11.6 Å². The number of sulfonamides is 1. The van der Waals surface area contributed by atoms with Gasteiger partial charge in [0.1, 0.15) is 12.1 Å². The van der Waals surface area contributed by atoms with Crippen molar-refractivity contribution in [3.8, 4) is 11.6 Å². The predicted octanol–water partition coefficient (Wildman–Crippen LogP) is 4.83. The minimum absolute atomic E-state index is 0.164. The summed E-state index contributed by atoms with van der Waals surface area (Å²) in [6, 6.07) is 18.7. The molecular formula is C22H16ClN5O3S. The SMILES string of the molecule is Cc1cc(Cl)ccc1S(=O)(=O)Nc1ccc(Oc2nc3ccccc3n3cnnc23)cc1. The number of nitrogens with zero attached hydrogens (tertiary/aromatic N) is 4. The molecule has 2 aromatic heterocycles. The van der Waals surface area contributed by atoms with E-state index in [0.29, 0.717) is 33.6 Å². The highest BCUT2D eigenvalue weighted by Gasteiger charge is 2.17. The summed E-state index contributed by atoms with van der Waals surface area (Å²) < 4.78 is 35.8. The Morgan fingerprint density at radius 1 is 1.03 bits per heavy atom. The largest absolute Gasteiger partial charge is 0.436 e. The Balaban J connectivity index is 1.41. The number of rotatable bonds is 5. The number of benzene rings is 3. The summed E-state index contributed by atoms with van der Waals surface area (Å²) in [5, 5.41) is 8.54. The Kier molecular flexibility index (Phi) is 4.91. The van der Waals surface area contributed by atoms with Gasteiger partial charge in [-0.15, -0.1) is 10.2 Å². The molecule has 0 aliphatic heterocycles. The Labute approximate surface area is 188 Å². The van der Waals surface area contributed by atoms with E-state index < -0.39 is 10.0 Å². The van der Waals surface area contributed by atoms with Gasteiger partial charge in [0.2, 0.25) is 5.65 Å². The molecule has 3 aromatic carbocycles. The van der Waals surface area contributed by atoms with Crippen LogP contribution in [0.1, 0.15) is 5.56 Å². The zero-order chi connectivity index (χ0) is 22.3. The van der Waals surface area contributed by atoms with Gasteiger partial charge >= 0.3 is 0 Å². The predicted molar refractivity (Wildman–Crippen MR) is 122 cm³/mol. The van der Waals surface area contributed by atoms with Crippen molar-refractivity contribution in [2.24, 2.45) is 0 Å². The molecule has 8 nitrogen and oxygen atoms in total. The van der Waals surface area contributed by atoms with Crippen LogP contribution in [0.4, 0.5) is 5.69 Å². The number of aryl methyl sites for hydroxylation is 1. The summed E-state index contributed by atoms with van der Waals surface area (Å²) in [7, 11) is -3.76. The van der Waals surface area contributed by atoms with Gasteiger partial charge in [-0.2, -0.15) is 0 Å². The molecule has 0 aliphatic rings. The topological polar surface area (TPSA) is 98.5 Å². The van der Waals surface area contributed by atoms with Crippen LogP contribution in [0, 0.1) is 6.92 Å². The quantitative estimate of drug-likeness (QED) is 0.399. The van der Waals surface area contributed by atoms with Crippen LogP contribution in [-0.4, -0.2) is 28.0 Å². The summed E-state index contributed by atoms with van der Waals surface area (Å²) in [6.07, 6.45) is 1.60. The monoisotopic (exact) mass is 465 g/mol. The van der Waals surface area contributed by atoms with Crippen LogP contribution >= 0.6 is 11.6 Å². The van der Waals surface area contributed by atoms with Gasteiger partial charge in [-0.1, -0.05) is 23.7 Å². The third kappa shape index (κ3) is 3.72. The lowest BCUT2D eigenvalue weighted by Gasteiger charge is -2.12. The summed E-state index contributed by atoms with van der Waals surface area (Å²) in [5.74, 6) is 0.773. The van der Waals surface area contributed by atoms with E-state index in [1.165, 1.54) is 6.07 Å². The van der Waals surface area contributed by atoms with Gasteiger partial charge in [-0.25, -0.2) is 13.4 Å². The molecule has 0 atom stereocenters. The number of hydrogen-bond donors (Lipinski definition) is 1. The van der Waals surface area contributed by atoms with E-state index in [-0.39, 0.29) is 4.90 Å². The molecular weight excluding hydrogens is 450 g/mol. The third-order valence-electron chi connectivity index (χ3n) is 4.85. The molecule has 1 N–H and O–H groups in total. The molecule has 0 unspecified atom stereocenters. The van der Waals surface area contributed by atoms with E-state index in [4.69, 9.17) is 16.3 Å². The van der Waals surface area contributed by atoms with Crippen molar-refractivity contribution < 1.29 is 13.2 Å². The minimum Gasteiger partial charge on any atom is -0.436 e. The van der Waals surface area contributed by atoms with Crippen LogP contribution in [0.25, 0.3) is 16.7 Å². The molecule has 0 radical (unpaired) electrons. The minimum atomic E-state index is -3.76. The molecule has 5 rings (SSSR count). The van der Waals surface area contributed by atoms with Crippen molar-refractivity contribution in [1.82, 2.24) is 19.6 Å². The van der Waals surface area contributed by atoms with Gasteiger partial charge in [0.25, 0.3) is 15.9 Å². The van der Waals surface area contributed by atoms with Crippen molar-refractivity contribution >= 4 is 44.0 Å². The van der Waals surface area contributed by atoms with Crippen molar-refractivity contribution in [2.45, 2.75) is 11.8 Å². The molecule has 0 saturated carbocycles. The lowest BCUT2D eigenvalue weighted by atomic mass is 10.2. The zero-order valence-corrected chi connectivity index (χ0v) is 18.3. The maximum absolute atomic E-state index is 12.7. The van der Waals surface area contributed by atoms with Crippen LogP contribution in [-0.2, 0) is 10.0 Å². The standard InChI is InChI=1S/C22H16ClN5O3S/c1-14-12-15(23)6-11-20(14)32(29,30)27-16-7-9-17(10-8-16)31-22-21-26-24-13-28(21)19-5-3-2-4-18(19)25-22/h2-13,27H,1H3. The highest BCUT2D eigenvalue weighted by molar-refractivity contribution is 7.92. The lowest BCUT2D eigenvalue weighted by Crippen LogP contribution is -2.14. The first kappa shape index (κ1) is 20.2. The highest BCUT2D eigenvalue weighted by Crippen LogP contribution is 2.28. The lowest BCUT2D eigenvalue weighted by molar-refractivity contribution is 0.467. The average molecular weight is 466 g/mol. The number of halogens is 1. The normalized spacial score (nSPS) is 11.7. The molecule has 0 fully saturated rings.